The summed E-state index contributed by atoms with van der Waals surface area (Å²) in [4.78, 5) is 15.9. The van der Waals surface area contributed by atoms with Gasteiger partial charge in [0.05, 0.1) is 10.9 Å². The van der Waals surface area contributed by atoms with E-state index in [-0.39, 0.29) is 17.9 Å². The molecule has 1 unspecified atom stereocenters. The summed E-state index contributed by atoms with van der Waals surface area (Å²) in [6.07, 6.45) is 0.972. The van der Waals surface area contributed by atoms with Gasteiger partial charge in [-0.1, -0.05) is 69.5 Å². The van der Waals surface area contributed by atoms with E-state index in [4.69, 9.17) is 11.6 Å². The van der Waals surface area contributed by atoms with E-state index < -0.39 is 10.0 Å². The summed E-state index contributed by atoms with van der Waals surface area (Å²) in [5.41, 5.74) is 4.52. The molecule has 1 fully saturated rings. The lowest BCUT2D eigenvalue weighted by Gasteiger charge is -2.36. The number of nitrogens with zero attached hydrogens (tertiary/aromatic N) is 2. The second kappa shape index (κ2) is 11.3. The molecule has 0 aliphatic carbocycles. The van der Waals surface area contributed by atoms with Crippen LogP contribution in [0.5, 0.6) is 0 Å². The Morgan fingerprint density at radius 3 is 1.95 bits per heavy atom. The standard InChI is InChI=1S/C29H32BrClN2O3S/c1-19-17-20(2)28(21(3)18-19)37(35,36)33-15-13-24(14-16-33)29(34)32(4)27(22-5-9-25(30)10-6-22)23-7-11-26(31)12-8-23/h5-12,17-18,24,27H,13-16H2,1-4H3. The molecule has 3 aromatic carbocycles. The molecule has 196 valence electrons. The van der Waals surface area contributed by atoms with E-state index in [0.717, 1.165) is 32.3 Å². The molecule has 1 aliphatic heterocycles. The van der Waals surface area contributed by atoms with Gasteiger partial charge < -0.3 is 4.90 Å². The second-order valence-corrected chi connectivity index (χ2v) is 13.1. The van der Waals surface area contributed by atoms with Crippen molar-refractivity contribution in [1.29, 1.82) is 0 Å². The maximum absolute atomic E-state index is 13.7. The van der Waals surface area contributed by atoms with Crippen LogP contribution in [0.15, 0.2) is 70.0 Å². The maximum Gasteiger partial charge on any atom is 0.243 e. The van der Waals surface area contributed by atoms with Crippen LogP contribution in [0.2, 0.25) is 5.02 Å². The van der Waals surface area contributed by atoms with Crippen LogP contribution in [0.1, 0.15) is 46.7 Å². The normalized spacial score (nSPS) is 15.9. The third-order valence-electron chi connectivity index (χ3n) is 7.11. The zero-order chi connectivity index (χ0) is 26.9. The van der Waals surface area contributed by atoms with Crippen LogP contribution in [-0.4, -0.2) is 43.7 Å². The zero-order valence-corrected chi connectivity index (χ0v) is 24.7. The lowest BCUT2D eigenvalue weighted by atomic mass is 9.92. The van der Waals surface area contributed by atoms with Crippen molar-refractivity contribution in [2.75, 3.05) is 20.1 Å². The molecule has 1 atom stereocenters. The number of piperidine rings is 1. The van der Waals surface area contributed by atoms with E-state index in [9.17, 15) is 13.2 Å². The Balaban J connectivity index is 1.53. The van der Waals surface area contributed by atoms with Crippen molar-refractivity contribution in [2.45, 2.75) is 44.6 Å². The Hall–Kier alpha value is -2.19. The molecular weight excluding hydrogens is 572 g/mol. The van der Waals surface area contributed by atoms with E-state index in [2.05, 4.69) is 15.9 Å². The average molecular weight is 604 g/mol. The molecule has 1 saturated heterocycles. The first-order valence-electron chi connectivity index (χ1n) is 12.3. The van der Waals surface area contributed by atoms with Gasteiger partial charge in [-0.2, -0.15) is 4.31 Å². The molecule has 1 aliphatic rings. The highest BCUT2D eigenvalue weighted by Gasteiger charge is 2.36. The topological polar surface area (TPSA) is 57.7 Å². The molecule has 1 amide bonds. The summed E-state index contributed by atoms with van der Waals surface area (Å²) >= 11 is 9.62. The summed E-state index contributed by atoms with van der Waals surface area (Å²) in [5, 5.41) is 0.639. The second-order valence-electron chi connectivity index (χ2n) is 9.86. The van der Waals surface area contributed by atoms with Crippen LogP contribution in [0.25, 0.3) is 0 Å². The molecule has 1 heterocycles. The van der Waals surface area contributed by atoms with Gasteiger partial charge in [0, 0.05) is 35.6 Å². The molecule has 8 heteroatoms. The van der Waals surface area contributed by atoms with Crippen LogP contribution in [-0.2, 0) is 14.8 Å². The van der Waals surface area contributed by atoms with Gasteiger partial charge >= 0.3 is 0 Å². The molecule has 0 N–H and O–H groups in total. The van der Waals surface area contributed by atoms with Crippen LogP contribution >= 0.6 is 27.5 Å². The largest absolute Gasteiger partial charge is 0.334 e. The molecule has 37 heavy (non-hydrogen) atoms. The van der Waals surface area contributed by atoms with Crippen molar-refractivity contribution >= 4 is 43.5 Å². The molecule has 0 spiro atoms. The summed E-state index contributed by atoms with van der Waals surface area (Å²) < 4.78 is 29.5. The fourth-order valence-electron chi connectivity index (χ4n) is 5.39. The first-order chi connectivity index (χ1) is 17.5. The number of rotatable bonds is 6. The number of carbonyl (C=O) groups is 1. The Kier molecular flexibility index (Phi) is 8.48. The van der Waals surface area contributed by atoms with E-state index in [0.29, 0.717) is 35.8 Å². The molecule has 0 saturated carbocycles. The van der Waals surface area contributed by atoms with Gasteiger partial charge in [0.25, 0.3) is 0 Å². The first-order valence-corrected chi connectivity index (χ1v) is 15.0. The van der Waals surface area contributed by atoms with Gasteiger partial charge in [-0.15, -0.1) is 0 Å². The predicted molar refractivity (Wildman–Crippen MR) is 152 cm³/mol. The quantitative estimate of drug-likeness (QED) is 0.316. The highest BCUT2D eigenvalue weighted by molar-refractivity contribution is 9.10. The minimum atomic E-state index is -3.63. The van der Waals surface area contributed by atoms with Crippen LogP contribution in [0, 0.1) is 26.7 Å². The third kappa shape index (κ3) is 5.95. The number of amides is 1. The summed E-state index contributed by atoms with van der Waals surface area (Å²) in [5.74, 6) is -0.232. The van der Waals surface area contributed by atoms with Crippen molar-refractivity contribution in [2.24, 2.45) is 5.92 Å². The van der Waals surface area contributed by atoms with Crippen LogP contribution < -0.4 is 0 Å². The van der Waals surface area contributed by atoms with Gasteiger partial charge in [0.15, 0.2) is 0 Å². The SMILES string of the molecule is Cc1cc(C)c(S(=O)(=O)N2CCC(C(=O)N(C)C(c3ccc(Cl)cc3)c3ccc(Br)cc3)CC2)c(C)c1. The fraction of sp³-hybridized carbons (Fsp3) is 0.345. The first kappa shape index (κ1) is 27.8. The van der Waals surface area contributed by atoms with E-state index in [1.54, 1.807) is 4.90 Å². The van der Waals surface area contributed by atoms with Crippen LogP contribution in [0.4, 0.5) is 0 Å². The Labute approximate surface area is 233 Å². The summed E-state index contributed by atoms with van der Waals surface area (Å²) in [6, 6.07) is 19.0. The fourth-order valence-corrected chi connectivity index (χ4v) is 7.66. The number of benzene rings is 3. The van der Waals surface area contributed by atoms with E-state index >= 15 is 0 Å². The van der Waals surface area contributed by atoms with Crippen LogP contribution in [0.3, 0.4) is 0 Å². The average Bonchev–Trinajstić information content (AvgIpc) is 2.85. The number of carbonyl (C=O) groups excluding carboxylic acids is 1. The third-order valence-corrected chi connectivity index (χ3v) is 10.1. The van der Waals surface area contributed by atoms with Gasteiger partial charge in [-0.05, 0) is 80.1 Å². The monoisotopic (exact) mass is 602 g/mol. The number of sulfonamides is 1. The molecule has 5 nitrogen and oxygen atoms in total. The van der Waals surface area contributed by atoms with Gasteiger partial charge in [0.1, 0.15) is 0 Å². The summed E-state index contributed by atoms with van der Waals surface area (Å²) in [6.45, 7) is 6.30. The smallest absolute Gasteiger partial charge is 0.243 e. The van der Waals surface area contributed by atoms with Gasteiger partial charge in [-0.25, -0.2) is 8.42 Å². The number of aryl methyl sites for hydroxylation is 3. The highest BCUT2D eigenvalue weighted by atomic mass is 79.9. The van der Waals surface area contributed by atoms with Crippen molar-refractivity contribution in [3.05, 3.63) is 98.0 Å². The van der Waals surface area contributed by atoms with Crippen molar-refractivity contribution in [3.63, 3.8) is 0 Å². The highest BCUT2D eigenvalue weighted by Crippen LogP contribution is 2.34. The maximum atomic E-state index is 13.7. The number of halogens is 2. The zero-order valence-electron chi connectivity index (χ0n) is 21.5. The lowest BCUT2D eigenvalue weighted by molar-refractivity contribution is -0.137. The molecule has 3 aromatic rings. The number of hydrogen-bond acceptors (Lipinski definition) is 3. The Bertz CT molecular complexity index is 1320. The minimum Gasteiger partial charge on any atom is -0.334 e. The molecule has 4 rings (SSSR count). The Morgan fingerprint density at radius 1 is 0.946 bits per heavy atom. The molecule has 0 bridgehead atoms. The molecule has 0 radical (unpaired) electrons. The van der Waals surface area contributed by atoms with Gasteiger partial charge in [0.2, 0.25) is 15.9 Å². The molecular formula is C29H32BrClN2O3S. The van der Waals surface area contributed by atoms with Crippen molar-refractivity contribution in [3.8, 4) is 0 Å². The van der Waals surface area contributed by atoms with E-state index in [1.807, 2.05) is 88.5 Å². The van der Waals surface area contributed by atoms with Crippen molar-refractivity contribution in [1.82, 2.24) is 9.21 Å². The minimum absolute atomic E-state index is 0.0163. The van der Waals surface area contributed by atoms with Gasteiger partial charge in [-0.3, -0.25) is 4.79 Å². The molecule has 0 aromatic heterocycles. The van der Waals surface area contributed by atoms with E-state index in [1.165, 1.54) is 4.31 Å². The predicted octanol–water partition coefficient (Wildman–Crippen LogP) is 6.68. The van der Waals surface area contributed by atoms with Crippen molar-refractivity contribution < 1.29 is 13.2 Å². The number of hydrogen-bond donors (Lipinski definition) is 0. The Morgan fingerprint density at radius 2 is 1.43 bits per heavy atom. The summed E-state index contributed by atoms with van der Waals surface area (Å²) in [7, 11) is -1.80. The lowest BCUT2D eigenvalue weighted by Crippen LogP contribution is -2.44.